The van der Waals surface area contributed by atoms with Gasteiger partial charge in [0.25, 0.3) is 0 Å². The van der Waals surface area contributed by atoms with Gasteiger partial charge in [-0.3, -0.25) is 4.98 Å². The van der Waals surface area contributed by atoms with Crippen molar-refractivity contribution in [3.05, 3.63) is 30.1 Å². The Labute approximate surface area is 111 Å². The van der Waals surface area contributed by atoms with Crippen LogP contribution in [0.25, 0.3) is 0 Å². The third-order valence-electron chi connectivity index (χ3n) is 3.76. The maximum atomic E-state index is 4.37. The first-order chi connectivity index (χ1) is 8.75. The Morgan fingerprint density at radius 1 is 1.28 bits per heavy atom. The fourth-order valence-corrected chi connectivity index (χ4v) is 2.45. The summed E-state index contributed by atoms with van der Waals surface area (Å²) in [6.07, 6.45) is 8.47. The number of aromatic nitrogens is 1. The Hall–Kier alpha value is -0.890. The Morgan fingerprint density at radius 2 is 2.11 bits per heavy atom. The zero-order valence-electron chi connectivity index (χ0n) is 11.7. The highest BCUT2D eigenvalue weighted by Crippen LogP contribution is 2.34. The lowest BCUT2D eigenvalue weighted by Crippen LogP contribution is -2.33. The van der Waals surface area contributed by atoms with Gasteiger partial charge in [-0.25, -0.2) is 0 Å². The summed E-state index contributed by atoms with van der Waals surface area (Å²) in [6.45, 7) is 5.70. The highest BCUT2D eigenvalue weighted by atomic mass is 14.9. The molecule has 2 rings (SSSR count). The molecular weight excluding hydrogens is 220 g/mol. The summed E-state index contributed by atoms with van der Waals surface area (Å²) in [5, 5.41) is 3.75. The van der Waals surface area contributed by atoms with Crippen LogP contribution in [0.5, 0.6) is 0 Å². The lowest BCUT2D eigenvalue weighted by atomic mass is 10.00. The third-order valence-corrected chi connectivity index (χ3v) is 3.76. The van der Waals surface area contributed by atoms with Crippen LogP contribution in [0.15, 0.2) is 24.4 Å². The summed E-state index contributed by atoms with van der Waals surface area (Å²) in [5.41, 5.74) is 1.20. The molecule has 1 aliphatic rings. The summed E-state index contributed by atoms with van der Waals surface area (Å²) >= 11 is 0. The van der Waals surface area contributed by atoms with Gasteiger partial charge in [-0.05, 0) is 49.7 Å². The monoisotopic (exact) mass is 246 g/mol. The fourth-order valence-electron chi connectivity index (χ4n) is 2.45. The molecule has 1 fully saturated rings. The van der Waals surface area contributed by atoms with Crippen LogP contribution in [-0.4, -0.2) is 17.6 Å². The van der Waals surface area contributed by atoms with E-state index in [0.717, 1.165) is 30.8 Å². The molecule has 0 spiro atoms. The molecule has 0 radical (unpaired) electrons. The molecule has 1 aromatic rings. The largest absolute Gasteiger partial charge is 0.313 e. The predicted molar refractivity (Wildman–Crippen MR) is 76.5 cm³/mol. The Balaban J connectivity index is 1.69. The van der Waals surface area contributed by atoms with Gasteiger partial charge in [0.05, 0.1) is 0 Å². The van der Waals surface area contributed by atoms with Gasteiger partial charge in [0.2, 0.25) is 0 Å². The second-order valence-corrected chi connectivity index (χ2v) is 5.94. The normalized spacial score (nSPS) is 17.1. The van der Waals surface area contributed by atoms with Crippen molar-refractivity contribution in [2.24, 2.45) is 11.8 Å². The van der Waals surface area contributed by atoms with Crippen LogP contribution in [0.4, 0.5) is 0 Å². The number of pyridine rings is 1. The van der Waals surface area contributed by atoms with Crippen LogP contribution in [0.1, 0.15) is 45.2 Å². The molecule has 0 amide bonds. The predicted octanol–water partition coefficient (Wildman–Crippen LogP) is 3.43. The van der Waals surface area contributed by atoms with Gasteiger partial charge in [-0.15, -0.1) is 0 Å². The van der Waals surface area contributed by atoms with Crippen LogP contribution >= 0.6 is 0 Å². The zero-order valence-corrected chi connectivity index (χ0v) is 11.7. The van der Waals surface area contributed by atoms with Gasteiger partial charge in [-0.1, -0.05) is 19.9 Å². The summed E-state index contributed by atoms with van der Waals surface area (Å²) in [5.74, 6) is 1.77. The Kier molecular flexibility index (Phi) is 5.18. The van der Waals surface area contributed by atoms with Crippen molar-refractivity contribution < 1.29 is 0 Å². The lowest BCUT2D eigenvalue weighted by Gasteiger charge is -2.19. The minimum Gasteiger partial charge on any atom is -0.313 e. The standard InChI is InChI=1S/C16H26N2/c1-13(2)6-9-16(14-7-8-14)18-12-10-15-5-3-4-11-17-15/h3-5,11,13-14,16,18H,6-10,12H2,1-2H3. The lowest BCUT2D eigenvalue weighted by molar-refractivity contribution is 0.397. The van der Waals surface area contributed by atoms with Gasteiger partial charge in [0.1, 0.15) is 0 Å². The number of nitrogens with one attached hydrogen (secondary N) is 1. The summed E-state index contributed by atoms with van der Waals surface area (Å²) < 4.78 is 0. The molecule has 100 valence electrons. The van der Waals surface area contributed by atoms with Crippen molar-refractivity contribution >= 4 is 0 Å². The van der Waals surface area contributed by atoms with E-state index >= 15 is 0 Å². The molecule has 0 aliphatic heterocycles. The van der Waals surface area contributed by atoms with Gasteiger partial charge < -0.3 is 5.32 Å². The molecule has 1 saturated carbocycles. The summed E-state index contributed by atoms with van der Waals surface area (Å²) in [6, 6.07) is 6.91. The third kappa shape index (κ3) is 4.77. The molecular formula is C16H26N2. The van der Waals surface area contributed by atoms with Gasteiger partial charge >= 0.3 is 0 Å². The fraction of sp³-hybridized carbons (Fsp3) is 0.688. The topological polar surface area (TPSA) is 24.9 Å². The van der Waals surface area contributed by atoms with Gasteiger partial charge in [0, 0.05) is 30.9 Å². The minimum atomic E-state index is 0.746. The van der Waals surface area contributed by atoms with E-state index in [2.05, 4.69) is 36.3 Å². The molecule has 1 aromatic heterocycles. The first-order valence-electron chi connectivity index (χ1n) is 7.39. The van der Waals surface area contributed by atoms with E-state index in [4.69, 9.17) is 0 Å². The quantitative estimate of drug-likeness (QED) is 0.760. The average molecular weight is 246 g/mol. The van der Waals surface area contributed by atoms with Crippen molar-refractivity contribution in [1.29, 1.82) is 0 Å². The van der Waals surface area contributed by atoms with E-state index in [1.54, 1.807) is 0 Å². The van der Waals surface area contributed by atoms with E-state index in [1.807, 2.05) is 12.3 Å². The molecule has 0 bridgehead atoms. The molecule has 1 N–H and O–H groups in total. The first-order valence-corrected chi connectivity index (χ1v) is 7.39. The van der Waals surface area contributed by atoms with E-state index in [-0.39, 0.29) is 0 Å². The van der Waals surface area contributed by atoms with Crippen LogP contribution in [0.2, 0.25) is 0 Å². The molecule has 1 aliphatic carbocycles. The maximum Gasteiger partial charge on any atom is 0.0416 e. The minimum absolute atomic E-state index is 0.746. The van der Waals surface area contributed by atoms with Crippen molar-refractivity contribution in [2.45, 2.75) is 52.0 Å². The summed E-state index contributed by atoms with van der Waals surface area (Å²) in [7, 11) is 0. The number of hydrogen-bond acceptors (Lipinski definition) is 2. The van der Waals surface area contributed by atoms with Crippen LogP contribution in [0.3, 0.4) is 0 Å². The van der Waals surface area contributed by atoms with E-state index in [9.17, 15) is 0 Å². The number of rotatable bonds is 8. The van der Waals surface area contributed by atoms with Crippen molar-refractivity contribution in [1.82, 2.24) is 10.3 Å². The van der Waals surface area contributed by atoms with E-state index in [0.29, 0.717) is 0 Å². The van der Waals surface area contributed by atoms with Crippen LogP contribution in [-0.2, 0) is 6.42 Å². The van der Waals surface area contributed by atoms with Crippen molar-refractivity contribution in [3.63, 3.8) is 0 Å². The Morgan fingerprint density at radius 3 is 2.72 bits per heavy atom. The Bertz CT molecular complexity index is 330. The van der Waals surface area contributed by atoms with Gasteiger partial charge in [-0.2, -0.15) is 0 Å². The second kappa shape index (κ2) is 6.89. The summed E-state index contributed by atoms with van der Waals surface area (Å²) in [4.78, 5) is 4.37. The smallest absolute Gasteiger partial charge is 0.0416 e. The number of hydrogen-bond donors (Lipinski definition) is 1. The van der Waals surface area contributed by atoms with Crippen LogP contribution in [0, 0.1) is 11.8 Å². The SMILES string of the molecule is CC(C)CCC(NCCc1ccccn1)C1CC1. The molecule has 0 saturated heterocycles. The first kappa shape index (κ1) is 13.5. The molecule has 1 atom stereocenters. The molecule has 2 nitrogen and oxygen atoms in total. The zero-order chi connectivity index (χ0) is 12.8. The molecule has 1 unspecified atom stereocenters. The van der Waals surface area contributed by atoms with Crippen molar-refractivity contribution in [3.8, 4) is 0 Å². The van der Waals surface area contributed by atoms with E-state index in [1.165, 1.54) is 31.4 Å². The molecule has 2 heteroatoms. The molecule has 0 aromatic carbocycles. The number of nitrogens with zero attached hydrogens (tertiary/aromatic N) is 1. The van der Waals surface area contributed by atoms with Crippen molar-refractivity contribution in [2.75, 3.05) is 6.54 Å². The highest BCUT2D eigenvalue weighted by Gasteiger charge is 2.30. The second-order valence-electron chi connectivity index (χ2n) is 5.94. The average Bonchev–Trinajstić information content (AvgIpc) is 3.19. The van der Waals surface area contributed by atoms with E-state index < -0.39 is 0 Å². The highest BCUT2D eigenvalue weighted by molar-refractivity contribution is 5.03. The van der Waals surface area contributed by atoms with Gasteiger partial charge in [0.15, 0.2) is 0 Å². The maximum absolute atomic E-state index is 4.37. The molecule has 1 heterocycles. The van der Waals surface area contributed by atoms with Crippen LogP contribution < -0.4 is 5.32 Å². The molecule has 18 heavy (non-hydrogen) atoms.